The molecule has 2 aliphatic rings. The molecule has 0 radical (unpaired) electrons. The molecular weight excluding hydrogens is 338 g/mol. The fourth-order valence-corrected chi connectivity index (χ4v) is 4.25. The van der Waals surface area contributed by atoms with Crippen LogP contribution in [0.3, 0.4) is 0 Å². The Labute approximate surface area is 163 Å². The van der Waals surface area contributed by atoms with Crippen molar-refractivity contribution < 1.29 is 9.59 Å². The molecule has 5 heteroatoms. The van der Waals surface area contributed by atoms with Crippen LogP contribution >= 0.6 is 0 Å². The minimum absolute atomic E-state index is 0.172. The topological polar surface area (TPSA) is 43.9 Å². The molecule has 0 bridgehead atoms. The molecular formula is C22H33N3O2. The van der Waals surface area contributed by atoms with Crippen molar-refractivity contribution in [2.75, 3.05) is 39.8 Å². The van der Waals surface area contributed by atoms with E-state index in [1.54, 1.807) is 0 Å². The summed E-state index contributed by atoms with van der Waals surface area (Å²) in [7, 11) is 1.94. The summed E-state index contributed by atoms with van der Waals surface area (Å²) in [5.74, 6) is 0.374. The average Bonchev–Trinajstić information content (AvgIpc) is 3.11. The van der Waals surface area contributed by atoms with Gasteiger partial charge in [-0.25, -0.2) is 0 Å². The Morgan fingerprint density at radius 2 is 1.96 bits per heavy atom. The lowest BCUT2D eigenvalue weighted by molar-refractivity contribution is -0.134. The van der Waals surface area contributed by atoms with Crippen LogP contribution in [0.1, 0.15) is 44.1 Å². The lowest BCUT2D eigenvalue weighted by Gasteiger charge is -2.38. The van der Waals surface area contributed by atoms with Crippen LogP contribution < -0.4 is 0 Å². The quantitative estimate of drug-likeness (QED) is 0.705. The minimum Gasteiger partial charge on any atom is -0.342 e. The molecule has 2 aliphatic heterocycles. The van der Waals surface area contributed by atoms with Crippen LogP contribution in [0.15, 0.2) is 30.3 Å². The van der Waals surface area contributed by atoms with Crippen LogP contribution in [0.25, 0.3) is 0 Å². The Morgan fingerprint density at radius 3 is 2.70 bits per heavy atom. The SMILES string of the molecule is CN(C(=O)CCN1CCCC1=O)[C@@H]1CCCN(CCCc2ccccc2)C1. The number of benzene rings is 1. The van der Waals surface area contributed by atoms with E-state index >= 15 is 0 Å². The van der Waals surface area contributed by atoms with Crippen molar-refractivity contribution in [1.82, 2.24) is 14.7 Å². The second kappa shape index (κ2) is 9.88. The van der Waals surface area contributed by atoms with Crippen LogP contribution in [0.4, 0.5) is 0 Å². The molecule has 1 aromatic rings. The summed E-state index contributed by atoms with van der Waals surface area (Å²) in [6, 6.07) is 10.9. The van der Waals surface area contributed by atoms with E-state index in [9.17, 15) is 9.59 Å². The van der Waals surface area contributed by atoms with Crippen molar-refractivity contribution in [3.05, 3.63) is 35.9 Å². The first-order valence-electron chi connectivity index (χ1n) is 10.4. The van der Waals surface area contributed by atoms with Gasteiger partial charge in [-0.05, 0) is 50.8 Å². The average molecular weight is 372 g/mol. The molecule has 3 rings (SSSR count). The van der Waals surface area contributed by atoms with Gasteiger partial charge in [0, 0.05) is 45.6 Å². The largest absolute Gasteiger partial charge is 0.342 e. The van der Waals surface area contributed by atoms with Gasteiger partial charge in [0.15, 0.2) is 0 Å². The molecule has 0 N–H and O–H groups in total. The van der Waals surface area contributed by atoms with E-state index in [4.69, 9.17) is 0 Å². The van der Waals surface area contributed by atoms with Crippen LogP contribution in [0, 0.1) is 0 Å². The summed E-state index contributed by atoms with van der Waals surface area (Å²) in [5.41, 5.74) is 1.40. The molecule has 2 heterocycles. The maximum atomic E-state index is 12.6. The van der Waals surface area contributed by atoms with Gasteiger partial charge in [0.1, 0.15) is 0 Å². The number of carbonyl (C=O) groups excluding carboxylic acids is 2. The minimum atomic E-state index is 0.172. The zero-order valence-corrected chi connectivity index (χ0v) is 16.6. The van der Waals surface area contributed by atoms with Crippen molar-refractivity contribution in [2.24, 2.45) is 0 Å². The van der Waals surface area contributed by atoms with Crippen LogP contribution in [0.2, 0.25) is 0 Å². The zero-order chi connectivity index (χ0) is 19.1. The highest BCUT2D eigenvalue weighted by molar-refractivity contribution is 5.80. The van der Waals surface area contributed by atoms with Gasteiger partial charge < -0.3 is 14.7 Å². The molecule has 1 aromatic carbocycles. The van der Waals surface area contributed by atoms with Gasteiger partial charge in [-0.15, -0.1) is 0 Å². The molecule has 2 amide bonds. The van der Waals surface area contributed by atoms with Gasteiger partial charge in [0.25, 0.3) is 0 Å². The highest BCUT2D eigenvalue weighted by Gasteiger charge is 2.27. The van der Waals surface area contributed by atoms with E-state index in [2.05, 4.69) is 35.2 Å². The van der Waals surface area contributed by atoms with Crippen molar-refractivity contribution in [2.45, 2.75) is 51.0 Å². The third kappa shape index (κ3) is 5.80. The van der Waals surface area contributed by atoms with E-state index < -0.39 is 0 Å². The number of carbonyl (C=O) groups is 2. The van der Waals surface area contributed by atoms with Crippen molar-refractivity contribution in [3.8, 4) is 0 Å². The number of amides is 2. The smallest absolute Gasteiger partial charge is 0.224 e. The molecule has 5 nitrogen and oxygen atoms in total. The Morgan fingerprint density at radius 1 is 1.15 bits per heavy atom. The molecule has 0 aliphatic carbocycles. The number of rotatable bonds is 8. The molecule has 0 unspecified atom stereocenters. The lowest BCUT2D eigenvalue weighted by Crippen LogP contribution is -2.49. The molecule has 148 valence electrons. The molecule has 2 fully saturated rings. The fraction of sp³-hybridized carbons (Fsp3) is 0.636. The summed E-state index contributed by atoms with van der Waals surface area (Å²) in [6.45, 7) is 4.59. The molecule has 0 saturated carbocycles. The predicted molar refractivity (Wildman–Crippen MR) is 107 cm³/mol. The first-order valence-corrected chi connectivity index (χ1v) is 10.4. The summed E-state index contributed by atoms with van der Waals surface area (Å²) in [5, 5.41) is 0. The Balaban J connectivity index is 1.39. The summed E-state index contributed by atoms with van der Waals surface area (Å²) in [6.07, 6.45) is 6.53. The molecule has 0 spiro atoms. The highest BCUT2D eigenvalue weighted by atomic mass is 16.2. The van der Waals surface area contributed by atoms with Crippen molar-refractivity contribution >= 4 is 11.8 Å². The number of nitrogens with zero attached hydrogens (tertiary/aromatic N) is 3. The van der Waals surface area contributed by atoms with E-state index in [-0.39, 0.29) is 11.8 Å². The van der Waals surface area contributed by atoms with Crippen LogP contribution in [-0.2, 0) is 16.0 Å². The van der Waals surface area contributed by atoms with E-state index in [1.165, 1.54) is 5.56 Å². The third-order valence-corrected chi connectivity index (χ3v) is 5.97. The van der Waals surface area contributed by atoms with Crippen molar-refractivity contribution in [3.63, 3.8) is 0 Å². The number of piperidine rings is 1. The maximum absolute atomic E-state index is 12.6. The summed E-state index contributed by atoms with van der Waals surface area (Å²) >= 11 is 0. The molecule has 27 heavy (non-hydrogen) atoms. The predicted octanol–water partition coefficient (Wildman–Crippen LogP) is 2.55. The number of hydrogen-bond donors (Lipinski definition) is 0. The second-order valence-corrected chi connectivity index (χ2v) is 7.92. The van der Waals surface area contributed by atoms with Gasteiger partial charge in [-0.2, -0.15) is 0 Å². The second-order valence-electron chi connectivity index (χ2n) is 7.92. The Bertz CT molecular complexity index is 619. The summed E-state index contributed by atoms with van der Waals surface area (Å²) < 4.78 is 0. The summed E-state index contributed by atoms with van der Waals surface area (Å²) in [4.78, 5) is 30.6. The highest BCUT2D eigenvalue weighted by Crippen LogP contribution is 2.17. The molecule has 1 atom stereocenters. The van der Waals surface area contributed by atoms with E-state index in [1.807, 2.05) is 16.8 Å². The first kappa shape index (κ1) is 19.9. The fourth-order valence-electron chi connectivity index (χ4n) is 4.25. The number of aryl methyl sites for hydroxylation is 1. The Kier molecular flexibility index (Phi) is 7.27. The number of hydrogen-bond acceptors (Lipinski definition) is 3. The van der Waals surface area contributed by atoms with Gasteiger partial charge in [-0.3, -0.25) is 9.59 Å². The van der Waals surface area contributed by atoms with E-state index in [0.29, 0.717) is 25.4 Å². The van der Waals surface area contributed by atoms with Gasteiger partial charge in [0.2, 0.25) is 11.8 Å². The third-order valence-electron chi connectivity index (χ3n) is 5.97. The van der Waals surface area contributed by atoms with Gasteiger partial charge >= 0.3 is 0 Å². The normalized spacial score (nSPS) is 20.9. The molecule has 0 aromatic heterocycles. The van der Waals surface area contributed by atoms with Gasteiger partial charge in [0.05, 0.1) is 0 Å². The zero-order valence-electron chi connectivity index (χ0n) is 16.6. The number of likely N-dealkylation sites (N-methyl/N-ethyl adjacent to an activating group) is 1. The monoisotopic (exact) mass is 371 g/mol. The maximum Gasteiger partial charge on any atom is 0.224 e. The first-order chi connectivity index (χ1) is 13.1. The van der Waals surface area contributed by atoms with Crippen LogP contribution in [-0.4, -0.2) is 72.3 Å². The standard InChI is InChI=1S/C22H33N3O2/c1-23(21(26)13-17-25-16-7-12-22(25)27)20-11-6-15-24(18-20)14-5-10-19-8-3-2-4-9-19/h2-4,8-9,20H,5-7,10-18H2,1H3/t20-/m1/s1. The van der Waals surface area contributed by atoms with Crippen LogP contribution in [0.5, 0.6) is 0 Å². The van der Waals surface area contributed by atoms with Crippen molar-refractivity contribution in [1.29, 1.82) is 0 Å². The van der Waals surface area contributed by atoms with E-state index in [0.717, 1.165) is 58.3 Å². The molecule has 2 saturated heterocycles. The van der Waals surface area contributed by atoms with Gasteiger partial charge in [-0.1, -0.05) is 30.3 Å². The number of likely N-dealkylation sites (tertiary alicyclic amines) is 2. The lowest BCUT2D eigenvalue weighted by atomic mass is 10.0. The Hall–Kier alpha value is -1.88.